The molecule has 27 heavy (non-hydrogen) atoms. The summed E-state index contributed by atoms with van der Waals surface area (Å²) in [6.07, 6.45) is 0. The van der Waals surface area contributed by atoms with Gasteiger partial charge in [-0.05, 0) is 50.0 Å². The highest BCUT2D eigenvalue weighted by Gasteiger charge is 2.25. The molecule has 0 spiro atoms. The van der Waals surface area contributed by atoms with Gasteiger partial charge >= 0.3 is 0 Å². The summed E-state index contributed by atoms with van der Waals surface area (Å²) in [6, 6.07) is 9.30. The number of nitrogens with one attached hydrogen (secondary N) is 2. The molecule has 0 aliphatic carbocycles. The van der Waals surface area contributed by atoms with Crippen LogP contribution in [0.5, 0.6) is 11.5 Å². The number of hydrogen-bond donors (Lipinski definition) is 2. The van der Waals surface area contributed by atoms with Gasteiger partial charge in [0.25, 0.3) is 0 Å². The van der Waals surface area contributed by atoms with Crippen LogP contribution in [0.1, 0.15) is 17.4 Å². The zero-order chi connectivity index (χ0) is 19.0. The Morgan fingerprint density at radius 1 is 1.26 bits per heavy atom. The number of ether oxygens (including phenoxy) is 2. The summed E-state index contributed by atoms with van der Waals surface area (Å²) in [6.45, 7) is 0.397. The van der Waals surface area contributed by atoms with Crippen molar-refractivity contribution in [3.8, 4) is 11.5 Å². The van der Waals surface area contributed by atoms with Crippen molar-refractivity contribution in [2.75, 3.05) is 20.9 Å². The molecule has 1 aromatic heterocycles. The number of imidazole rings is 1. The van der Waals surface area contributed by atoms with E-state index in [0.717, 1.165) is 5.56 Å². The van der Waals surface area contributed by atoms with Crippen molar-refractivity contribution in [2.45, 2.75) is 12.6 Å². The SMILES string of the molecule is CN(C)[C@H](C(=O)NCc1nc2ccc(F)cc2[nH]1)c1ccc2c(c1)OCO2. The van der Waals surface area contributed by atoms with Crippen LogP contribution < -0.4 is 14.8 Å². The number of carbonyl (C=O) groups excluding carboxylic acids is 1. The highest BCUT2D eigenvalue weighted by Crippen LogP contribution is 2.35. The molecule has 1 atom stereocenters. The third kappa shape index (κ3) is 3.43. The fraction of sp³-hybridized carbons (Fsp3) is 0.263. The smallest absolute Gasteiger partial charge is 0.242 e. The number of aromatic amines is 1. The predicted molar refractivity (Wildman–Crippen MR) is 96.9 cm³/mol. The minimum Gasteiger partial charge on any atom is -0.454 e. The molecule has 140 valence electrons. The van der Waals surface area contributed by atoms with Crippen LogP contribution in [0.2, 0.25) is 0 Å². The van der Waals surface area contributed by atoms with E-state index in [0.29, 0.717) is 28.4 Å². The lowest BCUT2D eigenvalue weighted by Crippen LogP contribution is -2.36. The van der Waals surface area contributed by atoms with E-state index in [1.54, 1.807) is 12.1 Å². The molecule has 0 bridgehead atoms. The molecular formula is C19H19FN4O3. The number of amides is 1. The molecular weight excluding hydrogens is 351 g/mol. The minimum atomic E-state index is -0.499. The van der Waals surface area contributed by atoms with E-state index >= 15 is 0 Å². The summed E-state index contributed by atoms with van der Waals surface area (Å²) in [5.41, 5.74) is 2.05. The van der Waals surface area contributed by atoms with Gasteiger partial charge in [0.2, 0.25) is 12.7 Å². The molecule has 1 aliphatic heterocycles. The van der Waals surface area contributed by atoms with Crippen LogP contribution in [0.4, 0.5) is 4.39 Å². The molecule has 7 nitrogen and oxygen atoms in total. The number of carbonyl (C=O) groups is 1. The zero-order valence-corrected chi connectivity index (χ0v) is 15.0. The van der Waals surface area contributed by atoms with Crippen molar-refractivity contribution in [1.29, 1.82) is 0 Å². The van der Waals surface area contributed by atoms with Crippen molar-refractivity contribution in [3.05, 3.63) is 53.6 Å². The summed E-state index contributed by atoms with van der Waals surface area (Å²) >= 11 is 0. The zero-order valence-electron chi connectivity index (χ0n) is 15.0. The second-order valence-corrected chi connectivity index (χ2v) is 6.54. The Balaban J connectivity index is 1.50. The van der Waals surface area contributed by atoms with Gasteiger partial charge in [-0.25, -0.2) is 9.37 Å². The van der Waals surface area contributed by atoms with Crippen LogP contribution in [-0.2, 0) is 11.3 Å². The maximum atomic E-state index is 13.3. The Bertz CT molecular complexity index is 1000. The van der Waals surface area contributed by atoms with Crippen LogP contribution in [0.25, 0.3) is 11.0 Å². The van der Waals surface area contributed by atoms with Gasteiger partial charge < -0.3 is 19.8 Å². The van der Waals surface area contributed by atoms with Gasteiger partial charge in [-0.3, -0.25) is 9.69 Å². The Morgan fingerprint density at radius 2 is 2.07 bits per heavy atom. The number of aromatic nitrogens is 2. The van der Waals surface area contributed by atoms with E-state index in [9.17, 15) is 9.18 Å². The third-order valence-corrected chi connectivity index (χ3v) is 4.40. The van der Waals surface area contributed by atoms with E-state index in [-0.39, 0.29) is 25.1 Å². The van der Waals surface area contributed by atoms with E-state index in [4.69, 9.17) is 9.47 Å². The summed E-state index contributed by atoms with van der Waals surface area (Å²) < 4.78 is 24.0. The van der Waals surface area contributed by atoms with Crippen LogP contribution in [0.3, 0.4) is 0 Å². The van der Waals surface area contributed by atoms with Gasteiger partial charge in [0.15, 0.2) is 11.5 Å². The van der Waals surface area contributed by atoms with Gasteiger partial charge in [-0.2, -0.15) is 0 Å². The van der Waals surface area contributed by atoms with Gasteiger partial charge in [-0.1, -0.05) is 6.07 Å². The normalized spacial score (nSPS) is 13.9. The van der Waals surface area contributed by atoms with Crippen LogP contribution in [0, 0.1) is 5.82 Å². The van der Waals surface area contributed by atoms with Crippen LogP contribution in [0.15, 0.2) is 36.4 Å². The molecule has 3 aromatic rings. The number of H-pyrrole nitrogens is 1. The number of likely N-dealkylation sites (N-methyl/N-ethyl adjacent to an activating group) is 1. The number of fused-ring (bicyclic) bond motifs is 2. The molecule has 2 heterocycles. The first-order valence-electron chi connectivity index (χ1n) is 8.49. The van der Waals surface area contributed by atoms with E-state index < -0.39 is 6.04 Å². The van der Waals surface area contributed by atoms with Crippen molar-refractivity contribution in [3.63, 3.8) is 0 Å². The monoisotopic (exact) mass is 370 g/mol. The summed E-state index contributed by atoms with van der Waals surface area (Å²) in [7, 11) is 3.66. The second kappa shape index (κ2) is 6.88. The number of nitrogens with zero attached hydrogens (tertiary/aromatic N) is 2. The van der Waals surface area contributed by atoms with Crippen molar-refractivity contribution >= 4 is 16.9 Å². The second-order valence-electron chi connectivity index (χ2n) is 6.54. The summed E-state index contributed by atoms with van der Waals surface area (Å²) in [5.74, 6) is 1.35. The average Bonchev–Trinajstić information content (AvgIpc) is 3.25. The highest BCUT2D eigenvalue weighted by molar-refractivity contribution is 5.83. The molecule has 1 aliphatic rings. The van der Waals surface area contributed by atoms with Gasteiger partial charge in [0, 0.05) is 0 Å². The minimum absolute atomic E-state index is 0.175. The summed E-state index contributed by atoms with van der Waals surface area (Å²) in [4.78, 5) is 22.0. The van der Waals surface area contributed by atoms with Gasteiger partial charge in [-0.15, -0.1) is 0 Å². The lowest BCUT2D eigenvalue weighted by atomic mass is 10.0. The highest BCUT2D eigenvalue weighted by atomic mass is 19.1. The van der Waals surface area contributed by atoms with E-state index in [1.807, 2.05) is 31.1 Å². The summed E-state index contributed by atoms with van der Waals surface area (Å²) in [5, 5.41) is 2.88. The first kappa shape index (κ1) is 17.3. The first-order valence-corrected chi connectivity index (χ1v) is 8.49. The number of hydrogen-bond acceptors (Lipinski definition) is 5. The van der Waals surface area contributed by atoms with E-state index in [1.165, 1.54) is 12.1 Å². The van der Waals surface area contributed by atoms with Crippen molar-refractivity contribution in [1.82, 2.24) is 20.2 Å². The van der Waals surface area contributed by atoms with Gasteiger partial charge in [0.1, 0.15) is 17.7 Å². The van der Waals surface area contributed by atoms with Crippen LogP contribution >= 0.6 is 0 Å². The molecule has 2 aromatic carbocycles. The average molecular weight is 370 g/mol. The Labute approximate surface area is 155 Å². The fourth-order valence-corrected chi connectivity index (χ4v) is 3.15. The largest absolute Gasteiger partial charge is 0.454 e. The Hall–Kier alpha value is -3.13. The van der Waals surface area contributed by atoms with E-state index in [2.05, 4.69) is 15.3 Å². The Kier molecular flexibility index (Phi) is 4.41. The molecule has 1 amide bonds. The van der Waals surface area contributed by atoms with Crippen LogP contribution in [-0.4, -0.2) is 41.7 Å². The molecule has 0 unspecified atom stereocenters. The molecule has 0 fully saturated rings. The molecule has 2 N–H and O–H groups in total. The lowest BCUT2D eigenvalue weighted by Gasteiger charge is -2.23. The topological polar surface area (TPSA) is 79.5 Å². The number of rotatable bonds is 5. The molecule has 8 heteroatoms. The predicted octanol–water partition coefficient (Wildman–Crippen LogP) is 2.35. The van der Waals surface area contributed by atoms with Crippen molar-refractivity contribution in [2.24, 2.45) is 0 Å². The number of halogens is 1. The number of benzene rings is 2. The fourth-order valence-electron chi connectivity index (χ4n) is 3.15. The quantitative estimate of drug-likeness (QED) is 0.721. The lowest BCUT2D eigenvalue weighted by molar-refractivity contribution is -0.126. The van der Waals surface area contributed by atoms with Crippen molar-refractivity contribution < 1.29 is 18.7 Å². The maximum Gasteiger partial charge on any atom is 0.242 e. The molecule has 0 saturated carbocycles. The molecule has 4 rings (SSSR count). The molecule has 0 saturated heterocycles. The van der Waals surface area contributed by atoms with Gasteiger partial charge in [0.05, 0.1) is 17.6 Å². The third-order valence-electron chi connectivity index (χ3n) is 4.40. The maximum absolute atomic E-state index is 13.3. The molecule has 0 radical (unpaired) electrons. The standard InChI is InChI=1S/C19H19FN4O3/c1-24(2)18(11-3-6-15-16(7-11)27-10-26-15)19(25)21-9-17-22-13-5-4-12(20)8-14(13)23-17/h3-8,18H,9-10H2,1-2H3,(H,21,25)(H,22,23)/t18-/m0/s1. The first-order chi connectivity index (χ1) is 13.0. The Morgan fingerprint density at radius 3 is 2.89 bits per heavy atom.